The first-order chi connectivity index (χ1) is 12.7. The van der Waals surface area contributed by atoms with Crippen molar-refractivity contribution < 1.29 is 9.59 Å². The van der Waals surface area contributed by atoms with Gasteiger partial charge in [0.25, 0.3) is 5.91 Å². The van der Waals surface area contributed by atoms with Gasteiger partial charge in [-0.1, -0.05) is 32.1 Å². The highest BCUT2D eigenvalue weighted by Gasteiger charge is 2.28. The fourth-order valence-electron chi connectivity index (χ4n) is 4.18. The van der Waals surface area contributed by atoms with Crippen molar-refractivity contribution in [3.63, 3.8) is 0 Å². The molecule has 2 aliphatic rings. The first-order valence-electron chi connectivity index (χ1n) is 9.86. The standard InChI is InChI=1S/C19H29ClN4O2/c20-12-18(25)21-13-14-6-4-5-9-16(14)22-19(26)17-10-11-24(23-17)15-7-2-1-3-8-15/h10-11,14-16H,1-9,12-13H2,(H,21,25)(H,22,26). The van der Waals surface area contributed by atoms with Crippen LogP contribution in [0.4, 0.5) is 0 Å². The number of nitrogens with zero attached hydrogens (tertiary/aromatic N) is 2. The number of alkyl halides is 1. The maximum atomic E-state index is 12.7. The van der Waals surface area contributed by atoms with Crippen molar-refractivity contribution in [2.45, 2.75) is 69.9 Å². The molecular formula is C19H29ClN4O2. The number of hydrogen-bond acceptors (Lipinski definition) is 3. The highest BCUT2D eigenvalue weighted by atomic mass is 35.5. The normalized spacial score (nSPS) is 24.2. The number of carbonyl (C=O) groups is 2. The quantitative estimate of drug-likeness (QED) is 0.745. The third-order valence-electron chi connectivity index (χ3n) is 5.70. The van der Waals surface area contributed by atoms with Gasteiger partial charge in [0.05, 0.1) is 6.04 Å². The molecule has 144 valence electrons. The second kappa shape index (κ2) is 9.40. The molecule has 0 aromatic carbocycles. The Labute approximate surface area is 160 Å². The predicted octanol–water partition coefficient (Wildman–Crippen LogP) is 3.03. The predicted molar refractivity (Wildman–Crippen MR) is 101 cm³/mol. The van der Waals surface area contributed by atoms with E-state index >= 15 is 0 Å². The second-order valence-corrected chi connectivity index (χ2v) is 7.80. The lowest BCUT2D eigenvalue weighted by atomic mass is 9.84. The minimum absolute atomic E-state index is 0.0254. The third kappa shape index (κ3) is 5.00. The van der Waals surface area contributed by atoms with Gasteiger partial charge in [-0.3, -0.25) is 14.3 Å². The molecule has 2 fully saturated rings. The molecule has 2 atom stereocenters. The van der Waals surface area contributed by atoms with Gasteiger partial charge in [0.1, 0.15) is 11.6 Å². The van der Waals surface area contributed by atoms with E-state index in [1.54, 1.807) is 0 Å². The fourth-order valence-corrected chi connectivity index (χ4v) is 4.28. The summed E-state index contributed by atoms with van der Waals surface area (Å²) in [6, 6.07) is 2.32. The van der Waals surface area contributed by atoms with E-state index < -0.39 is 0 Å². The average Bonchev–Trinajstić information content (AvgIpc) is 3.18. The second-order valence-electron chi connectivity index (χ2n) is 7.54. The zero-order chi connectivity index (χ0) is 18.4. The molecule has 1 heterocycles. The number of halogens is 1. The van der Waals surface area contributed by atoms with Crippen LogP contribution in [-0.2, 0) is 4.79 Å². The van der Waals surface area contributed by atoms with E-state index in [0.29, 0.717) is 18.3 Å². The molecule has 2 unspecified atom stereocenters. The van der Waals surface area contributed by atoms with Crippen LogP contribution in [0.3, 0.4) is 0 Å². The molecule has 0 saturated heterocycles. The van der Waals surface area contributed by atoms with Crippen molar-refractivity contribution in [2.24, 2.45) is 5.92 Å². The van der Waals surface area contributed by atoms with E-state index in [9.17, 15) is 9.59 Å². The number of aromatic nitrogens is 2. The van der Waals surface area contributed by atoms with Crippen LogP contribution in [0.5, 0.6) is 0 Å². The molecule has 1 aromatic rings. The molecule has 2 N–H and O–H groups in total. The summed E-state index contributed by atoms with van der Waals surface area (Å²) in [6.07, 6.45) is 12.2. The minimum atomic E-state index is -0.159. The molecule has 6 nitrogen and oxygen atoms in total. The van der Waals surface area contributed by atoms with Gasteiger partial charge in [0.2, 0.25) is 5.91 Å². The fraction of sp³-hybridized carbons (Fsp3) is 0.737. The molecule has 2 aliphatic carbocycles. The lowest BCUT2D eigenvalue weighted by molar-refractivity contribution is -0.118. The van der Waals surface area contributed by atoms with Crippen molar-refractivity contribution in [1.82, 2.24) is 20.4 Å². The maximum Gasteiger partial charge on any atom is 0.272 e. The van der Waals surface area contributed by atoms with E-state index in [-0.39, 0.29) is 29.7 Å². The minimum Gasteiger partial charge on any atom is -0.355 e. The largest absolute Gasteiger partial charge is 0.355 e. The Morgan fingerprint density at radius 3 is 2.62 bits per heavy atom. The number of carbonyl (C=O) groups excluding carboxylic acids is 2. The number of amides is 2. The molecule has 0 bridgehead atoms. The average molecular weight is 381 g/mol. The Morgan fingerprint density at radius 1 is 1.12 bits per heavy atom. The lowest BCUT2D eigenvalue weighted by Gasteiger charge is -2.32. The van der Waals surface area contributed by atoms with Crippen LogP contribution >= 0.6 is 11.6 Å². The van der Waals surface area contributed by atoms with Gasteiger partial charge in [-0.05, 0) is 37.7 Å². The van der Waals surface area contributed by atoms with Crippen molar-refractivity contribution >= 4 is 23.4 Å². The molecule has 0 aliphatic heterocycles. The summed E-state index contributed by atoms with van der Waals surface area (Å²) in [4.78, 5) is 24.1. The van der Waals surface area contributed by atoms with Crippen LogP contribution in [0.15, 0.2) is 12.3 Å². The number of rotatable bonds is 6. The van der Waals surface area contributed by atoms with E-state index in [2.05, 4.69) is 15.7 Å². The van der Waals surface area contributed by atoms with E-state index in [4.69, 9.17) is 11.6 Å². The van der Waals surface area contributed by atoms with Crippen LogP contribution < -0.4 is 10.6 Å². The van der Waals surface area contributed by atoms with Crippen LogP contribution in [-0.4, -0.2) is 40.1 Å². The molecule has 0 radical (unpaired) electrons. The monoisotopic (exact) mass is 380 g/mol. The Bertz CT molecular complexity index is 612. The van der Waals surface area contributed by atoms with Gasteiger partial charge in [-0.15, -0.1) is 11.6 Å². The smallest absolute Gasteiger partial charge is 0.272 e. The molecule has 1 aromatic heterocycles. The molecule has 0 spiro atoms. The van der Waals surface area contributed by atoms with Gasteiger partial charge < -0.3 is 10.6 Å². The molecule has 2 saturated carbocycles. The Kier molecular flexibility index (Phi) is 6.94. The molecule has 2 amide bonds. The molecule has 7 heteroatoms. The first-order valence-corrected chi connectivity index (χ1v) is 10.4. The SMILES string of the molecule is O=C(CCl)NCC1CCCCC1NC(=O)c1ccn(C2CCCCC2)n1. The topological polar surface area (TPSA) is 76.0 Å². The van der Waals surface area contributed by atoms with Crippen molar-refractivity contribution in [2.75, 3.05) is 12.4 Å². The van der Waals surface area contributed by atoms with E-state index in [1.807, 2.05) is 16.9 Å². The summed E-state index contributed by atoms with van der Waals surface area (Å²) >= 11 is 5.54. The maximum absolute atomic E-state index is 12.7. The van der Waals surface area contributed by atoms with E-state index in [0.717, 1.165) is 38.5 Å². The zero-order valence-corrected chi connectivity index (χ0v) is 16.0. The van der Waals surface area contributed by atoms with Crippen LogP contribution in [0.1, 0.15) is 74.3 Å². The number of nitrogens with one attached hydrogen (secondary N) is 2. The van der Waals surface area contributed by atoms with Crippen molar-refractivity contribution in [3.8, 4) is 0 Å². The summed E-state index contributed by atoms with van der Waals surface area (Å²) in [5, 5.41) is 10.5. The molecule has 26 heavy (non-hydrogen) atoms. The summed E-state index contributed by atoms with van der Waals surface area (Å²) < 4.78 is 1.97. The van der Waals surface area contributed by atoms with Gasteiger partial charge in [0, 0.05) is 18.8 Å². The zero-order valence-electron chi connectivity index (χ0n) is 15.3. The molecular weight excluding hydrogens is 352 g/mol. The Balaban J connectivity index is 1.57. The van der Waals surface area contributed by atoms with Crippen LogP contribution in [0.25, 0.3) is 0 Å². The van der Waals surface area contributed by atoms with Gasteiger partial charge in [0.15, 0.2) is 0 Å². The Hall–Kier alpha value is -1.56. The number of hydrogen-bond donors (Lipinski definition) is 2. The van der Waals surface area contributed by atoms with Crippen molar-refractivity contribution in [3.05, 3.63) is 18.0 Å². The van der Waals surface area contributed by atoms with Crippen molar-refractivity contribution in [1.29, 1.82) is 0 Å². The highest BCUT2D eigenvalue weighted by molar-refractivity contribution is 6.27. The lowest BCUT2D eigenvalue weighted by Crippen LogP contribution is -2.46. The highest BCUT2D eigenvalue weighted by Crippen LogP contribution is 2.28. The first kappa shape index (κ1) is 19.2. The summed E-state index contributed by atoms with van der Waals surface area (Å²) in [5.41, 5.74) is 0.490. The van der Waals surface area contributed by atoms with Gasteiger partial charge >= 0.3 is 0 Å². The summed E-state index contributed by atoms with van der Waals surface area (Å²) in [6.45, 7) is 0.563. The third-order valence-corrected chi connectivity index (χ3v) is 5.94. The summed E-state index contributed by atoms with van der Waals surface area (Å²) in [7, 11) is 0. The Morgan fingerprint density at radius 2 is 1.85 bits per heavy atom. The van der Waals surface area contributed by atoms with Crippen LogP contribution in [0, 0.1) is 5.92 Å². The van der Waals surface area contributed by atoms with E-state index in [1.165, 1.54) is 19.3 Å². The van der Waals surface area contributed by atoms with Gasteiger partial charge in [-0.2, -0.15) is 5.10 Å². The van der Waals surface area contributed by atoms with Gasteiger partial charge in [-0.25, -0.2) is 0 Å². The van der Waals surface area contributed by atoms with Crippen LogP contribution in [0.2, 0.25) is 0 Å². The summed E-state index contributed by atoms with van der Waals surface area (Å²) in [5.74, 6) is -0.0449. The molecule has 3 rings (SSSR count).